The van der Waals surface area contributed by atoms with Crippen molar-refractivity contribution in [3.63, 3.8) is 0 Å². The first-order valence-corrected chi connectivity index (χ1v) is 5.01. The Morgan fingerprint density at radius 2 is 1.69 bits per heavy atom. The highest BCUT2D eigenvalue weighted by Gasteiger charge is 1.97. The summed E-state index contributed by atoms with van der Waals surface area (Å²) in [6, 6.07) is 12.1. The van der Waals surface area contributed by atoms with Gasteiger partial charge in [-0.1, -0.05) is 18.2 Å². The third-order valence-corrected chi connectivity index (χ3v) is 2.42. The Morgan fingerprint density at radius 3 is 2.31 bits per heavy atom. The fourth-order valence-corrected chi connectivity index (χ4v) is 1.36. The lowest BCUT2D eigenvalue weighted by atomic mass is 10.2. The molecule has 0 unspecified atom stereocenters. The number of hydrogen-bond donors (Lipinski definition) is 1. The van der Waals surface area contributed by atoms with E-state index in [9.17, 15) is 0 Å². The monoisotopic (exact) mass is 234 g/mol. The lowest BCUT2D eigenvalue weighted by molar-refractivity contribution is 1.21. The molecule has 84 valence electrons. The fourth-order valence-electron chi connectivity index (χ4n) is 1.36. The van der Waals surface area contributed by atoms with Gasteiger partial charge < -0.3 is 5.32 Å². The molecule has 0 saturated carbocycles. The smallest absolute Gasteiger partial charge is 0.130 e. The molecule has 0 radical (unpaired) electrons. The Kier molecular flexibility index (Phi) is 4.32. The number of anilines is 2. The molecule has 1 N–H and O–H groups in total. The van der Waals surface area contributed by atoms with Crippen LogP contribution in [0.1, 0.15) is 11.1 Å². The van der Waals surface area contributed by atoms with Crippen LogP contribution in [0.15, 0.2) is 42.6 Å². The molecule has 0 amide bonds. The number of benzene rings is 1. The second-order valence-electron chi connectivity index (χ2n) is 3.64. The molecule has 0 aliphatic heterocycles. The van der Waals surface area contributed by atoms with Crippen LogP contribution in [-0.4, -0.2) is 4.98 Å². The molecule has 2 rings (SSSR count). The Morgan fingerprint density at radius 1 is 1.00 bits per heavy atom. The molecule has 0 fully saturated rings. The van der Waals surface area contributed by atoms with Gasteiger partial charge in [0.2, 0.25) is 0 Å². The molecule has 0 aliphatic carbocycles. The zero-order valence-electron chi connectivity index (χ0n) is 9.40. The summed E-state index contributed by atoms with van der Waals surface area (Å²) in [5, 5.41) is 3.26. The lowest BCUT2D eigenvalue weighted by Crippen LogP contribution is -1.94. The molecule has 0 bridgehead atoms. The molecule has 2 nitrogen and oxygen atoms in total. The van der Waals surface area contributed by atoms with E-state index >= 15 is 0 Å². The van der Waals surface area contributed by atoms with E-state index in [1.165, 1.54) is 11.1 Å². The fraction of sp³-hybridized carbons (Fsp3) is 0.154. The minimum Gasteiger partial charge on any atom is -0.340 e. The summed E-state index contributed by atoms with van der Waals surface area (Å²) in [6.07, 6.45) is 1.89. The Hall–Kier alpha value is -1.54. The van der Waals surface area contributed by atoms with Gasteiger partial charge in [0.15, 0.2) is 0 Å². The highest BCUT2D eigenvalue weighted by atomic mass is 35.5. The zero-order valence-corrected chi connectivity index (χ0v) is 10.2. The van der Waals surface area contributed by atoms with Gasteiger partial charge in [0.05, 0.1) is 0 Å². The van der Waals surface area contributed by atoms with Gasteiger partial charge >= 0.3 is 0 Å². The number of aryl methyl sites for hydroxylation is 2. The summed E-state index contributed by atoms with van der Waals surface area (Å²) in [4.78, 5) is 4.32. The normalized spacial score (nSPS) is 9.38. The van der Waals surface area contributed by atoms with Crippen molar-refractivity contribution in [2.24, 2.45) is 0 Å². The van der Waals surface area contributed by atoms with Crippen molar-refractivity contribution in [1.29, 1.82) is 0 Å². The van der Waals surface area contributed by atoms with Crippen LogP contribution in [0.2, 0.25) is 0 Å². The van der Waals surface area contributed by atoms with Gasteiger partial charge in [0.1, 0.15) is 5.82 Å². The van der Waals surface area contributed by atoms with E-state index in [1.807, 2.05) is 36.5 Å². The van der Waals surface area contributed by atoms with Gasteiger partial charge in [-0.3, -0.25) is 0 Å². The second kappa shape index (κ2) is 5.52. The standard InChI is InChI=1S/C13H14N2.ClH/c1-10-8-13(14-9-11(10)2)15-12-6-4-3-5-7-12;/h3-9H,1-2H3,(H,14,15);1H. The Labute approximate surface area is 102 Å². The maximum absolute atomic E-state index is 4.32. The van der Waals surface area contributed by atoms with Gasteiger partial charge in [-0.25, -0.2) is 4.98 Å². The van der Waals surface area contributed by atoms with E-state index < -0.39 is 0 Å². The first-order chi connectivity index (χ1) is 7.25. The third-order valence-electron chi connectivity index (χ3n) is 2.42. The van der Waals surface area contributed by atoms with Crippen LogP contribution in [0.5, 0.6) is 0 Å². The van der Waals surface area contributed by atoms with Crippen LogP contribution in [0, 0.1) is 13.8 Å². The molecule has 0 aliphatic rings. The van der Waals surface area contributed by atoms with Crippen molar-refractivity contribution < 1.29 is 0 Å². The van der Waals surface area contributed by atoms with Crippen LogP contribution in [0.3, 0.4) is 0 Å². The van der Waals surface area contributed by atoms with E-state index in [-0.39, 0.29) is 12.4 Å². The van der Waals surface area contributed by atoms with Crippen molar-refractivity contribution in [2.45, 2.75) is 13.8 Å². The van der Waals surface area contributed by atoms with E-state index in [0.29, 0.717) is 0 Å². The van der Waals surface area contributed by atoms with Gasteiger partial charge in [-0.05, 0) is 43.2 Å². The van der Waals surface area contributed by atoms with Gasteiger partial charge in [0.25, 0.3) is 0 Å². The third kappa shape index (κ3) is 2.97. The average molecular weight is 235 g/mol. The molecular formula is C13H15ClN2. The zero-order chi connectivity index (χ0) is 10.7. The first-order valence-electron chi connectivity index (χ1n) is 5.01. The molecule has 0 atom stereocenters. The highest BCUT2D eigenvalue weighted by molar-refractivity contribution is 5.85. The highest BCUT2D eigenvalue weighted by Crippen LogP contribution is 2.16. The molecule has 0 saturated heterocycles. The maximum Gasteiger partial charge on any atom is 0.130 e. The number of hydrogen-bond acceptors (Lipinski definition) is 2. The molecule has 16 heavy (non-hydrogen) atoms. The van der Waals surface area contributed by atoms with Crippen LogP contribution < -0.4 is 5.32 Å². The molecular weight excluding hydrogens is 220 g/mol. The van der Waals surface area contributed by atoms with Crippen molar-refractivity contribution >= 4 is 23.9 Å². The predicted molar refractivity (Wildman–Crippen MR) is 70.7 cm³/mol. The Bertz CT molecular complexity index is 455. The molecule has 1 aromatic carbocycles. The van der Waals surface area contributed by atoms with Crippen molar-refractivity contribution in [1.82, 2.24) is 4.98 Å². The molecule has 0 spiro atoms. The summed E-state index contributed by atoms with van der Waals surface area (Å²) in [5.74, 6) is 0.893. The predicted octanol–water partition coefficient (Wildman–Crippen LogP) is 3.86. The van der Waals surface area contributed by atoms with Crippen LogP contribution in [0.4, 0.5) is 11.5 Å². The van der Waals surface area contributed by atoms with E-state index in [4.69, 9.17) is 0 Å². The van der Waals surface area contributed by atoms with Crippen LogP contribution in [-0.2, 0) is 0 Å². The maximum atomic E-state index is 4.32. The van der Waals surface area contributed by atoms with E-state index in [2.05, 4.69) is 30.2 Å². The Balaban J connectivity index is 0.00000128. The summed E-state index contributed by atoms with van der Waals surface area (Å²) in [5.41, 5.74) is 3.53. The summed E-state index contributed by atoms with van der Waals surface area (Å²) in [7, 11) is 0. The van der Waals surface area contributed by atoms with E-state index in [0.717, 1.165) is 11.5 Å². The number of nitrogens with one attached hydrogen (secondary N) is 1. The van der Waals surface area contributed by atoms with Crippen molar-refractivity contribution in [3.8, 4) is 0 Å². The number of nitrogens with zero attached hydrogens (tertiary/aromatic N) is 1. The van der Waals surface area contributed by atoms with Gasteiger partial charge in [-0.2, -0.15) is 0 Å². The summed E-state index contributed by atoms with van der Waals surface area (Å²) >= 11 is 0. The second-order valence-corrected chi connectivity index (χ2v) is 3.64. The molecule has 3 heteroatoms. The topological polar surface area (TPSA) is 24.9 Å². The largest absolute Gasteiger partial charge is 0.340 e. The minimum absolute atomic E-state index is 0. The SMILES string of the molecule is Cc1cnc(Nc2ccccc2)cc1C.Cl. The summed E-state index contributed by atoms with van der Waals surface area (Å²) in [6.45, 7) is 4.15. The molecule has 2 aromatic rings. The average Bonchev–Trinajstić information content (AvgIpc) is 2.25. The minimum atomic E-state index is 0. The quantitative estimate of drug-likeness (QED) is 0.854. The van der Waals surface area contributed by atoms with Crippen molar-refractivity contribution in [2.75, 3.05) is 5.32 Å². The number of aromatic nitrogens is 1. The van der Waals surface area contributed by atoms with E-state index in [1.54, 1.807) is 0 Å². The molecule has 1 aromatic heterocycles. The van der Waals surface area contributed by atoms with Crippen LogP contribution in [0.25, 0.3) is 0 Å². The number of para-hydroxylation sites is 1. The van der Waals surface area contributed by atoms with Crippen LogP contribution >= 0.6 is 12.4 Å². The lowest BCUT2D eigenvalue weighted by Gasteiger charge is -2.07. The van der Waals surface area contributed by atoms with Crippen molar-refractivity contribution in [3.05, 3.63) is 53.7 Å². The van der Waals surface area contributed by atoms with Gasteiger partial charge in [0, 0.05) is 11.9 Å². The van der Waals surface area contributed by atoms with Gasteiger partial charge in [-0.15, -0.1) is 12.4 Å². The number of halogens is 1. The number of rotatable bonds is 2. The number of pyridine rings is 1. The summed E-state index contributed by atoms with van der Waals surface area (Å²) < 4.78 is 0. The molecule has 1 heterocycles. The first kappa shape index (κ1) is 12.5.